The standard InChI is InChI=1S/C14H16N4O/c1-3-17-9-10(2)14(19)18-13-5-4-11(7-15)12(6-13)8-16/h4-6,10,17H,3,9H2,1-2H3,(H,18,19). The number of benzene rings is 1. The summed E-state index contributed by atoms with van der Waals surface area (Å²) < 4.78 is 0. The van der Waals surface area contributed by atoms with E-state index in [0.29, 0.717) is 17.8 Å². The highest BCUT2D eigenvalue weighted by molar-refractivity contribution is 5.92. The topological polar surface area (TPSA) is 88.7 Å². The minimum Gasteiger partial charge on any atom is -0.326 e. The van der Waals surface area contributed by atoms with Gasteiger partial charge in [0.05, 0.1) is 11.1 Å². The fourth-order valence-corrected chi connectivity index (χ4v) is 1.53. The Hall–Kier alpha value is -2.37. The molecule has 1 unspecified atom stereocenters. The highest BCUT2D eigenvalue weighted by Gasteiger charge is 2.13. The van der Waals surface area contributed by atoms with Crippen LogP contribution in [0.15, 0.2) is 18.2 Å². The molecule has 1 aromatic rings. The van der Waals surface area contributed by atoms with Gasteiger partial charge >= 0.3 is 0 Å². The number of carbonyl (C=O) groups excluding carboxylic acids is 1. The summed E-state index contributed by atoms with van der Waals surface area (Å²) in [5.41, 5.74) is 1.10. The van der Waals surface area contributed by atoms with E-state index in [1.54, 1.807) is 6.07 Å². The molecule has 0 saturated heterocycles. The first-order chi connectivity index (χ1) is 9.12. The van der Waals surface area contributed by atoms with Crippen molar-refractivity contribution in [3.63, 3.8) is 0 Å². The van der Waals surface area contributed by atoms with Crippen LogP contribution in [-0.2, 0) is 4.79 Å². The average molecular weight is 256 g/mol. The number of nitrogens with one attached hydrogen (secondary N) is 2. The lowest BCUT2D eigenvalue weighted by Crippen LogP contribution is -2.30. The van der Waals surface area contributed by atoms with Gasteiger partial charge in [0.2, 0.25) is 5.91 Å². The summed E-state index contributed by atoms with van der Waals surface area (Å²) in [6.45, 7) is 5.22. The van der Waals surface area contributed by atoms with Gasteiger partial charge < -0.3 is 10.6 Å². The Kier molecular flexibility index (Phi) is 5.53. The van der Waals surface area contributed by atoms with E-state index in [2.05, 4.69) is 10.6 Å². The molecule has 0 bridgehead atoms. The van der Waals surface area contributed by atoms with Gasteiger partial charge in [-0.15, -0.1) is 0 Å². The molecular weight excluding hydrogens is 240 g/mol. The van der Waals surface area contributed by atoms with Gasteiger partial charge in [-0.2, -0.15) is 10.5 Å². The van der Waals surface area contributed by atoms with Crippen LogP contribution in [0, 0.1) is 28.6 Å². The summed E-state index contributed by atoms with van der Waals surface area (Å²) in [4.78, 5) is 11.9. The highest BCUT2D eigenvalue weighted by atomic mass is 16.1. The predicted molar refractivity (Wildman–Crippen MR) is 72.2 cm³/mol. The van der Waals surface area contributed by atoms with Gasteiger partial charge in [-0.1, -0.05) is 13.8 Å². The van der Waals surface area contributed by atoms with Gasteiger partial charge in [-0.05, 0) is 24.7 Å². The molecule has 0 fully saturated rings. The van der Waals surface area contributed by atoms with Crippen molar-refractivity contribution < 1.29 is 4.79 Å². The zero-order valence-electron chi connectivity index (χ0n) is 11.0. The van der Waals surface area contributed by atoms with Gasteiger partial charge in [0.25, 0.3) is 0 Å². The maximum absolute atomic E-state index is 11.9. The van der Waals surface area contributed by atoms with E-state index in [1.165, 1.54) is 12.1 Å². The molecule has 0 heterocycles. The lowest BCUT2D eigenvalue weighted by Gasteiger charge is -2.12. The van der Waals surface area contributed by atoms with Crippen LogP contribution >= 0.6 is 0 Å². The molecule has 1 aromatic carbocycles. The van der Waals surface area contributed by atoms with Gasteiger partial charge in [0.15, 0.2) is 0 Å². The largest absolute Gasteiger partial charge is 0.326 e. The first kappa shape index (κ1) is 14.7. The molecule has 1 atom stereocenters. The Morgan fingerprint density at radius 1 is 1.32 bits per heavy atom. The lowest BCUT2D eigenvalue weighted by atomic mass is 10.1. The molecule has 0 aliphatic rings. The average Bonchev–Trinajstić information content (AvgIpc) is 2.44. The van der Waals surface area contributed by atoms with Gasteiger partial charge in [0, 0.05) is 18.2 Å². The van der Waals surface area contributed by atoms with E-state index in [4.69, 9.17) is 10.5 Å². The summed E-state index contributed by atoms with van der Waals surface area (Å²) in [5.74, 6) is -0.282. The summed E-state index contributed by atoms with van der Waals surface area (Å²) >= 11 is 0. The van der Waals surface area contributed by atoms with Crippen molar-refractivity contribution in [1.82, 2.24) is 5.32 Å². The fourth-order valence-electron chi connectivity index (χ4n) is 1.53. The molecule has 19 heavy (non-hydrogen) atoms. The van der Waals surface area contributed by atoms with Crippen molar-refractivity contribution in [2.45, 2.75) is 13.8 Å². The molecule has 0 aliphatic heterocycles. The van der Waals surface area contributed by atoms with Crippen molar-refractivity contribution in [1.29, 1.82) is 10.5 Å². The maximum atomic E-state index is 11.9. The SMILES string of the molecule is CCNCC(C)C(=O)Nc1ccc(C#N)c(C#N)c1. The highest BCUT2D eigenvalue weighted by Crippen LogP contribution is 2.15. The minimum atomic E-state index is -0.166. The molecule has 0 aromatic heterocycles. The third kappa shape index (κ3) is 4.09. The van der Waals surface area contributed by atoms with Gasteiger partial charge in [-0.3, -0.25) is 4.79 Å². The number of nitrogens with zero attached hydrogens (tertiary/aromatic N) is 2. The smallest absolute Gasteiger partial charge is 0.228 e. The lowest BCUT2D eigenvalue weighted by molar-refractivity contribution is -0.119. The number of nitriles is 2. The van der Waals surface area contributed by atoms with Crippen LogP contribution in [0.3, 0.4) is 0 Å². The van der Waals surface area contributed by atoms with Crippen molar-refractivity contribution in [3.05, 3.63) is 29.3 Å². The van der Waals surface area contributed by atoms with Crippen LogP contribution in [0.5, 0.6) is 0 Å². The second-order valence-corrected chi connectivity index (χ2v) is 4.18. The molecule has 0 spiro atoms. The normalized spacial score (nSPS) is 11.2. The molecule has 1 amide bonds. The minimum absolute atomic E-state index is 0.116. The van der Waals surface area contributed by atoms with Crippen LogP contribution in [0.1, 0.15) is 25.0 Å². The molecule has 5 heteroatoms. The Bertz CT molecular complexity index is 539. The number of carbonyl (C=O) groups is 1. The predicted octanol–water partition coefficient (Wildman–Crippen LogP) is 1.61. The number of hydrogen-bond acceptors (Lipinski definition) is 4. The van der Waals surface area contributed by atoms with E-state index >= 15 is 0 Å². The molecule has 5 nitrogen and oxygen atoms in total. The first-order valence-electron chi connectivity index (χ1n) is 6.08. The number of amides is 1. The van der Waals surface area contributed by atoms with Crippen LogP contribution in [0.4, 0.5) is 5.69 Å². The van der Waals surface area contributed by atoms with E-state index in [9.17, 15) is 4.79 Å². The van der Waals surface area contributed by atoms with Crippen molar-refractivity contribution in [2.75, 3.05) is 18.4 Å². The Morgan fingerprint density at radius 2 is 2.00 bits per heavy atom. The van der Waals surface area contributed by atoms with Gasteiger partial charge in [-0.25, -0.2) is 0 Å². The third-order valence-corrected chi connectivity index (χ3v) is 2.68. The van der Waals surface area contributed by atoms with Crippen molar-refractivity contribution in [3.8, 4) is 12.1 Å². The zero-order chi connectivity index (χ0) is 14.3. The number of rotatable bonds is 5. The number of anilines is 1. The monoisotopic (exact) mass is 256 g/mol. The van der Waals surface area contributed by atoms with Crippen LogP contribution in [0.2, 0.25) is 0 Å². The second kappa shape index (κ2) is 7.15. The van der Waals surface area contributed by atoms with E-state index in [-0.39, 0.29) is 17.4 Å². The van der Waals surface area contributed by atoms with Gasteiger partial charge in [0.1, 0.15) is 12.1 Å². The zero-order valence-corrected chi connectivity index (χ0v) is 11.0. The summed E-state index contributed by atoms with van der Waals surface area (Å²) in [6, 6.07) is 8.53. The fraction of sp³-hybridized carbons (Fsp3) is 0.357. The summed E-state index contributed by atoms with van der Waals surface area (Å²) in [7, 11) is 0. The van der Waals surface area contributed by atoms with E-state index < -0.39 is 0 Å². The second-order valence-electron chi connectivity index (χ2n) is 4.18. The van der Waals surface area contributed by atoms with Crippen molar-refractivity contribution in [2.24, 2.45) is 5.92 Å². The van der Waals surface area contributed by atoms with Crippen LogP contribution in [0.25, 0.3) is 0 Å². The molecule has 98 valence electrons. The molecule has 0 radical (unpaired) electrons. The maximum Gasteiger partial charge on any atom is 0.228 e. The molecule has 0 saturated carbocycles. The van der Waals surface area contributed by atoms with E-state index in [1.807, 2.05) is 26.0 Å². The summed E-state index contributed by atoms with van der Waals surface area (Å²) in [6.07, 6.45) is 0. The van der Waals surface area contributed by atoms with Crippen molar-refractivity contribution >= 4 is 11.6 Å². The van der Waals surface area contributed by atoms with Crippen LogP contribution < -0.4 is 10.6 Å². The third-order valence-electron chi connectivity index (χ3n) is 2.68. The Balaban J connectivity index is 2.76. The van der Waals surface area contributed by atoms with Crippen LogP contribution in [-0.4, -0.2) is 19.0 Å². The molecule has 0 aliphatic carbocycles. The molecule has 1 rings (SSSR count). The Labute approximate surface area is 112 Å². The molecule has 2 N–H and O–H groups in total. The van der Waals surface area contributed by atoms with E-state index in [0.717, 1.165) is 6.54 Å². The summed E-state index contributed by atoms with van der Waals surface area (Å²) in [5, 5.41) is 23.6. The Morgan fingerprint density at radius 3 is 2.58 bits per heavy atom. The quantitative estimate of drug-likeness (QED) is 0.837. The molecular formula is C14H16N4O. The first-order valence-corrected chi connectivity index (χ1v) is 6.08. The number of hydrogen-bond donors (Lipinski definition) is 2.